The molecule has 1 aromatic rings. The number of methoxy groups -OCH3 is 1. The van der Waals surface area contributed by atoms with Crippen LogP contribution in [0.2, 0.25) is 0 Å². The van der Waals surface area contributed by atoms with E-state index in [2.05, 4.69) is 0 Å². The smallest absolute Gasteiger partial charge is 0.280 e. The molecule has 0 fully saturated rings. The average molecular weight is 240 g/mol. The van der Waals surface area contributed by atoms with E-state index in [0.29, 0.717) is 6.20 Å². The third-order valence-electron chi connectivity index (χ3n) is 1.90. The molecule has 8 heteroatoms. The molecule has 0 aromatic heterocycles. The van der Waals surface area contributed by atoms with E-state index < -0.39 is 15.5 Å². The molecule has 1 aromatic carbocycles. The lowest BCUT2D eigenvalue weighted by Crippen LogP contribution is -1.94. The minimum Gasteiger partial charge on any atom is -0.504 e. The number of nitro benzene ring substituents is 1. The summed E-state index contributed by atoms with van der Waals surface area (Å²) in [5.41, 5.74) is -0.470. The molecule has 0 bridgehead atoms. The van der Waals surface area contributed by atoms with Gasteiger partial charge in [0.05, 0.1) is 28.6 Å². The number of benzene rings is 1. The van der Waals surface area contributed by atoms with E-state index in [0.717, 1.165) is 18.2 Å². The SMILES string of the molecule is COc1cc([N+](=O)[O-])c(/C=C/[N+](=O)[O-])cc1O. The van der Waals surface area contributed by atoms with Gasteiger partial charge in [-0.1, -0.05) is 0 Å². The Hall–Kier alpha value is -2.64. The zero-order chi connectivity index (χ0) is 13.0. The van der Waals surface area contributed by atoms with Gasteiger partial charge in [0.1, 0.15) is 0 Å². The molecule has 0 atom stereocenters. The molecule has 0 heterocycles. The Bertz CT molecular complexity index is 497. The van der Waals surface area contributed by atoms with E-state index in [-0.39, 0.29) is 17.1 Å². The van der Waals surface area contributed by atoms with Crippen LogP contribution >= 0.6 is 0 Å². The zero-order valence-electron chi connectivity index (χ0n) is 8.69. The third kappa shape index (κ3) is 2.91. The molecule has 1 rings (SSSR count). The highest BCUT2D eigenvalue weighted by Crippen LogP contribution is 2.34. The second-order valence-corrected chi connectivity index (χ2v) is 2.94. The number of nitrogens with zero attached hydrogens (tertiary/aromatic N) is 2. The highest BCUT2D eigenvalue weighted by molar-refractivity contribution is 5.65. The van der Waals surface area contributed by atoms with Crippen molar-refractivity contribution in [3.63, 3.8) is 0 Å². The summed E-state index contributed by atoms with van der Waals surface area (Å²) >= 11 is 0. The van der Waals surface area contributed by atoms with Crippen LogP contribution in [-0.4, -0.2) is 22.1 Å². The van der Waals surface area contributed by atoms with Crippen molar-refractivity contribution < 1.29 is 19.7 Å². The molecular weight excluding hydrogens is 232 g/mol. The van der Waals surface area contributed by atoms with Crippen LogP contribution in [0.15, 0.2) is 18.3 Å². The first-order valence-electron chi connectivity index (χ1n) is 4.32. The summed E-state index contributed by atoms with van der Waals surface area (Å²) in [6.45, 7) is 0. The molecule has 0 aliphatic rings. The van der Waals surface area contributed by atoms with Crippen molar-refractivity contribution in [3.05, 3.63) is 44.1 Å². The fourth-order valence-electron chi connectivity index (χ4n) is 1.17. The van der Waals surface area contributed by atoms with Crippen LogP contribution in [0.5, 0.6) is 11.5 Å². The molecule has 0 radical (unpaired) electrons. The summed E-state index contributed by atoms with van der Waals surface area (Å²) < 4.78 is 4.70. The Morgan fingerprint density at radius 2 is 2.00 bits per heavy atom. The van der Waals surface area contributed by atoms with Crippen LogP contribution in [0.1, 0.15) is 5.56 Å². The number of ether oxygens (including phenoxy) is 1. The molecule has 90 valence electrons. The van der Waals surface area contributed by atoms with E-state index in [1.165, 1.54) is 7.11 Å². The quantitative estimate of drug-likeness (QED) is 0.630. The number of aromatic hydroxyl groups is 1. The first-order valence-corrected chi connectivity index (χ1v) is 4.32. The van der Waals surface area contributed by atoms with Gasteiger partial charge in [-0.05, 0) is 6.07 Å². The molecule has 0 saturated heterocycles. The van der Waals surface area contributed by atoms with E-state index in [1.807, 2.05) is 0 Å². The number of nitro groups is 2. The van der Waals surface area contributed by atoms with Gasteiger partial charge in [0.2, 0.25) is 6.20 Å². The van der Waals surface area contributed by atoms with Crippen LogP contribution < -0.4 is 4.74 Å². The maximum Gasteiger partial charge on any atom is 0.280 e. The van der Waals surface area contributed by atoms with Crippen LogP contribution in [0.4, 0.5) is 5.69 Å². The maximum atomic E-state index is 10.7. The van der Waals surface area contributed by atoms with Crippen LogP contribution in [0, 0.1) is 20.2 Å². The Morgan fingerprint density at radius 1 is 1.35 bits per heavy atom. The van der Waals surface area contributed by atoms with Crippen LogP contribution in [0.3, 0.4) is 0 Å². The lowest BCUT2D eigenvalue weighted by atomic mass is 10.1. The van der Waals surface area contributed by atoms with Crippen molar-refractivity contribution in [1.29, 1.82) is 0 Å². The van der Waals surface area contributed by atoms with Gasteiger partial charge >= 0.3 is 0 Å². The lowest BCUT2D eigenvalue weighted by Gasteiger charge is -2.04. The summed E-state index contributed by atoms with van der Waals surface area (Å²) in [4.78, 5) is 19.4. The molecule has 0 unspecified atom stereocenters. The van der Waals surface area contributed by atoms with Crippen molar-refractivity contribution in [1.82, 2.24) is 0 Å². The zero-order valence-corrected chi connectivity index (χ0v) is 8.69. The first kappa shape index (κ1) is 12.4. The highest BCUT2D eigenvalue weighted by atomic mass is 16.6. The van der Waals surface area contributed by atoms with Crippen molar-refractivity contribution >= 4 is 11.8 Å². The Balaban J connectivity index is 3.32. The third-order valence-corrected chi connectivity index (χ3v) is 1.90. The van der Waals surface area contributed by atoms with Crippen molar-refractivity contribution in [2.24, 2.45) is 0 Å². The van der Waals surface area contributed by atoms with Gasteiger partial charge in [-0.25, -0.2) is 0 Å². The van der Waals surface area contributed by atoms with Crippen molar-refractivity contribution in [3.8, 4) is 11.5 Å². The Kier molecular flexibility index (Phi) is 3.60. The number of phenolic OH excluding ortho intramolecular Hbond substituents is 1. The summed E-state index contributed by atoms with van der Waals surface area (Å²) in [5.74, 6) is -0.406. The molecule has 0 spiro atoms. The largest absolute Gasteiger partial charge is 0.504 e. The lowest BCUT2D eigenvalue weighted by molar-refractivity contribution is -0.401. The summed E-state index contributed by atoms with van der Waals surface area (Å²) in [5, 5.41) is 30.2. The average Bonchev–Trinajstić information content (AvgIpc) is 2.25. The molecule has 1 N–H and O–H groups in total. The number of phenols is 1. The first-order chi connectivity index (χ1) is 7.95. The molecule has 0 amide bonds. The van der Waals surface area contributed by atoms with Gasteiger partial charge in [-0.15, -0.1) is 0 Å². The minimum absolute atomic E-state index is 0.0741. The van der Waals surface area contributed by atoms with Crippen LogP contribution in [-0.2, 0) is 0 Å². The molecule has 0 saturated carbocycles. The van der Waals surface area contributed by atoms with E-state index in [9.17, 15) is 25.3 Å². The van der Waals surface area contributed by atoms with Gasteiger partial charge in [0.25, 0.3) is 5.69 Å². The fraction of sp³-hybridized carbons (Fsp3) is 0.111. The number of hydrogen-bond acceptors (Lipinski definition) is 6. The maximum absolute atomic E-state index is 10.7. The van der Waals surface area contributed by atoms with Gasteiger partial charge in [-0.3, -0.25) is 20.2 Å². The molecule has 17 heavy (non-hydrogen) atoms. The molecular formula is C9H8N2O6. The van der Waals surface area contributed by atoms with Gasteiger partial charge < -0.3 is 9.84 Å². The summed E-state index contributed by atoms with van der Waals surface area (Å²) in [6, 6.07) is 2.02. The number of hydrogen-bond donors (Lipinski definition) is 1. The van der Waals surface area contributed by atoms with Gasteiger partial charge in [-0.2, -0.15) is 0 Å². The van der Waals surface area contributed by atoms with E-state index >= 15 is 0 Å². The van der Waals surface area contributed by atoms with Crippen LogP contribution in [0.25, 0.3) is 6.08 Å². The molecule has 0 aliphatic carbocycles. The van der Waals surface area contributed by atoms with E-state index in [4.69, 9.17) is 4.74 Å². The van der Waals surface area contributed by atoms with Gasteiger partial charge in [0, 0.05) is 6.08 Å². The van der Waals surface area contributed by atoms with E-state index in [1.54, 1.807) is 0 Å². The molecule has 8 nitrogen and oxygen atoms in total. The Morgan fingerprint density at radius 3 is 2.47 bits per heavy atom. The second-order valence-electron chi connectivity index (χ2n) is 2.94. The number of rotatable bonds is 4. The monoisotopic (exact) mass is 240 g/mol. The summed E-state index contributed by atoms with van der Waals surface area (Å²) in [6.07, 6.45) is 1.48. The predicted molar refractivity (Wildman–Crippen MR) is 57.3 cm³/mol. The fourth-order valence-corrected chi connectivity index (χ4v) is 1.17. The predicted octanol–water partition coefficient (Wildman–Crippen LogP) is 1.56. The van der Waals surface area contributed by atoms with Crippen molar-refractivity contribution in [2.75, 3.05) is 7.11 Å². The summed E-state index contributed by atoms with van der Waals surface area (Å²) in [7, 11) is 1.24. The normalized spacial score (nSPS) is 10.4. The highest BCUT2D eigenvalue weighted by Gasteiger charge is 2.17. The van der Waals surface area contributed by atoms with Crippen molar-refractivity contribution in [2.45, 2.75) is 0 Å². The topological polar surface area (TPSA) is 116 Å². The van der Waals surface area contributed by atoms with Gasteiger partial charge in [0.15, 0.2) is 11.5 Å². The second kappa shape index (κ2) is 4.92. The minimum atomic E-state index is -0.759. The molecule has 0 aliphatic heterocycles. The Labute approximate surface area is 95.1 Å². The standard InChI is InChI=1S/C9H8N2O6/c1-17-9-5-7(11(15)16)6(4-8(9)12)2-3-10(13)14/h2-5,12H,1H3/b3-2+.